The van der Waals surface area contributed by atoms with Crippen LogP contribution in [0.2, 0.25) is 0 Å². The first-order chi connectivity index (χ1) is 6.98. The van der Waals surface area contributed by atoms with Gasteiger partial charge in [-0.2, -0.15) is 0 Å². The Hall–Kier alpha value is -0.570. The van der Waals surface area contributed by atoms with Gasteiger partial charge in [0.05, 0.1) is 7.11 Å². The zero-order valence-electron chi connectivity index (χ0n) is 9.31. The smallest absolute Gasteiger partial charge is 0.130 e. The van der Waals surface area contributed by atoms with Gasteiger partial charge in [0.1, 0.15) is 11.6 Å². The summed E-state index contributed by atoms with van der Waals surface area (Å²) in [5, 5.41) is 0.853. The summed E-state index contributed by atoms with van der Waals surface area (Å²) >= 11 is 3.43. The standard InChI is InChI=1S/C12H16BrFO/c1-12(2,8-13)7-9-4-5-10(15-3)6-11(9)14/h4-6H,7-8H2,1-3H3. The molecule has 0 spiro atoms. The Kier molecular flexibility index (Phi) is 4.14. The van der Waals surface area contributed by atoms with Crippen molar-refractivity contribution in [2.24, 2.45) is 5.41 Å². The molecule has 0 heterocycles. The van der Waals surface area contributed by atoms with Gasteiger partial charge in [-0.25, -0.2) is 4.39 Å². The van der Waals surface area contributed by atoms with Gasteiger partial charge in [-0.15, -0.1) is 0 Å². The Balaban J connectivity index is 2.87. The predicted molar refractivity (Wildman–Crippen MR) is 64.2 cm³/mol. The lowest BCUT2D eigenvalue weighted by Gasteiger charge is -2.21. The van der Waals surface area contributed by atoms with Gasteiger partial charge in [-0.1, -0.05) is 35.8 Å². The number of ether oxygens (including phenoxy) is 1. The Morgan fingerprint density at radius 3 is 2.53 bits per heavy atom. The molecule has 1 aromatic rings. The summed E-state index contributed by atoms with van der Waals surface area (Å²) in [7, 11) is 1.54. The van der Waals surface area contributed by atoms with E-state index in [-0.39, 0.29) is 11.2 Å². The maximum Gasteiger partial charge on any atom is 0.130 e. The molecule has 0 N–H and O–H groups in total. The summed E-state index contributed by atoms with van der Waals surface area (Å²) < 4.78 is 18.6. The minimum absolute atomic E-state index is 0.0649. The first-order valence-corrected chi connectivity index (χ1v) is 5.99. The molecule has 0 aromatic heterocycles. The van der Waals surface area contributed by atoms with Crippen LogP contribution >= 0.6 is 15.9 Å². The molecule has 0 amide bonds. The molecule has 3 heteroatoms. The van der Waals surface area contributed by atoms with Gasteiger partial charge < -0.3 is 4.74 Å². The highest BCUT2D eigenvalue weighted by atomic mass is 79.9. The van der Waals surface area contributed by atoms with Crippen molar-refractivity contribution in [1.82, 2.24) is 0 Å². The SMILES string of the molecule is COc1ccc(CC(C)(C)CBr)c(F)c1. The lowest BCUT2D eigenvalue weighted by molar-refractivity contribution is 0.401. The summed E-state index contributed by atoms with van der Waals surface area (Å²) in [5.41, 5.74) is 0.801. The maximum absolute atomic E-state index is 13.6. The van der Waals surface area contributed by atoms with Crippen LogP contribution in [-0.4, -0.2) is 12.4 Å². The molecule has 0 unspecified atom stereocenters. The molecule has 0 aliphatic carbocycles. The van der Waals surface area contributed by atoms with Crippen molar-refractivity contribution in [1.29, 1.82) is 0 Å². The van der Waals surface area contributed by atoms with Gasteiger partial charge in [0, 0.05) is 11.4 Å². The molecule has 1 aromatic carbocycles. The van der Waals surface area contributed by atoms with E-state index in [0.29, 0.717) is 12.2 Å². The van der Waals surface area contributed by atoms with Crippen LogP contribution in [0.1, 0.15) is 19.4 Å². The van der Waals surface area contributed by atoms with Crippen molar-refractivity contribution >= 4 is 15.9 Å². The molecule has 0 bridgehead atoms. The van der Waals surface area contributed by atoms with Crippen LogP contribution in [0, 0.1) is 11.2 Å². The van der Waals surface area contributed by atoms with Crippen molar-refractivity contribution in [3.05, 3.63) is 29.6 Å². The minimum atomic E-state index is -0.191. The Morgan fingerprint density at radius 2 is 2.07 bits per heavy atom. The van der Waals surface area contributed by atoms with E-state index in [1.165, 1.54) is 13.2 Å². The number of alkyl halides is 1. The first kappa shape index (κ1) is 12.5. The number of hydrogen-bond donors (Lipinski definition) is 0. The van der Waals surface area contributed by atoms with E-state index in [1.54, 1.807) is 12.1 Å². The second kappa shape index (κ2) is 4.97. The highest BCUT2D eigenvalue weighted by Crippen LogP contribution is 2.27. The molecule has 0 saturated carbocycles. The summed E-state index contributed by atoms with van der Waals surface area (Å²) in [6, 6.07) is 5.01. The molecule has 0 atom stereocenters. The summed E-state index contributed by atoms with van der Waals surface area (Å²) in [6.07, 6.45) is 0.716. The molecular formula is C12H16BrFO. The topological polar surface area (TPSA) is 9.23 Å². The van der Waals surface area contributed by atoms with E-state index in [2.05, 4.69) is 29.8 Å². The highest BCUT2D eigenvalue weighted by Gasteiger charge is 2.18. The highest BCUT2D eigenvalue weighted by molar-refractivity contribution is 9.09. The van der Waals surface area contributed by atoms with Gasteiger partial charge in [0.15, 0.2) is 0 Å². The zero-order valence-corrected chi connectivity index (χ0v) is 10.9. The molecule has 0 aliphatic rings. The lowest BCUT2D eigenvalue weighted by Crippen LogP contribution is -2.17. The molecule has 15 heavy (non-hydrogen) atoms. The van der Waals surface area contributed by atoms with Crippen molar-refractivity contribution in [3.63, 3.8) is 0 Å². The van der Waals surface area contributed by atoms with Crippen LogP contribution in [0.5, 0.6) is 5.75 Å². The van der Waals surface area contributed by atoms with Crippen LogP contribution in [0.15, 0.2) is 18.2 Å². The van der Waals surface area contributed by atoms with Crippen molar-refractivity contribution in [3.8, 4) is 5.75 Å². The Labute approximate surface area is 98.8 Å². The van der Waals surface area contributed by atoms with Crippen molar-refractivity contribution in [2.45, 2.75) is 20.3 Å². The molecule has 0 fully saturated rings. The number of halogens is 2. The second-order valence-electron chi connectivity index (χ2n) is 4.43. The van der Waals surface area contributed by atoms with Crippen LogP contribution < -0.4 is 4.74 Å². The monoisotopic (exact) mass is 274 g/mol. The van der Waals surface area contributed by atoms with Crippen molar-refractivity contribution < 1.29 is 9.13 Å². The normalized spacial score (nSPS) is 11.5. The first-order valence-electron chi connectivity index (χ1n) is 4.87. The minimum Gasteiger partial charge on any atom is -0.497 e. The number of hydrogen-bond acceptors (Lipinski definition) is 1. The number of rotatable bonds is 4. The van der Waals surface area contributed by atoms with Gasteiger partial charge in [-0.3, -0.25) is 0 Å². The molecular weight excluding hydrogens is 259 g/mol. The predicted octanol–water partition coefficient (Wildman–Crippen LogP) is 3.80. The number of benzene rings is 1. The van der Waals surface area contributed by atoms with Crippen LogP contribution in [0.3, 0.4) is 0 Å². The van der Waals surface area contributed by atoms with Crippen LogP contribution in [-0.2, 0) is 6.42 Å². The van der Waals surface area contributed by atoms with Crippen molar-refractivity contribution in [2.75, 3.05) is 12.4 Å². The maximum atomic E-state index is 13.6. The average molecular weight is 275 g/mol. The Morgan fingerprint density at radius 1 is 1.40 bits per heavy atom. The average Bonchev–Trinajstić information content (AvgIpc) is 2.21. The fourth-order valence-corrected chi connectivity index (χ4v) is 1.56. The van der Waals surface area contributed by atoms with E-state index in [9.17, 15) is 4.39 Å². The summed E-state index contributed by atoms with van der Waals surface area (Å²) in [4.78, 5) is 0. The quantitative estimate of drug-likeness (QED) is 0.759. The molecule has 0 aliphatic heterocycles. The van der Waals surface area contributed by atoms with Crippen LogP contribution in [0.4, 0.5) is 4.39 Å². The molecule has 1 rings (SSSR count). The van der Waals surface area contributed by atoms with Gasteiger partial charge in [0.25, 0.3) is 0 Å². The number of methoxy groups -OCH3 is 1. The van der Waals surface area contributed by atoms with E-state index >= 15 is 0 Å². The molecule has 84 valence electrons. The molecule has 0 saturated heterocycles. The largest absolute Gasteiger partial charge is 0.497 e. The molecule has 1 nitrogen and oxygen atoms in total. The van der Waals surface area contributed by atoms with Gasteiger partial charge >= 0.3 is 0 Å². The third-order valence-electron chi connectivity index (χ3n) is 2.29. The van der Waals surface area contributed by atoms with Gasteiger partial charge in [-0.05, 0) is 23.5 Å². The Bertz CT molecular complexity index is 336. The van der Waals surface area contributed by atoms with E-state index < -0.39 is 0 Å². The zero-order chi connectivity index (χ0) is 11.5. The van der Waals surface area contributed by atoms with Crippen LogP contribution in [0.25, 0.3) is 0 Å². The molecule has 0 radical (unpaired) electrons. The fraction of sp³-hybridized carbons (Fsp3) is 0.500. The van der Waals surface area contributed by atoms with E-state index in [1.807, 2.05) is 0 Å². The lowest BCUT2D eigenvalue weighted by atomic mass is 9.88. The second-order valence-corrected chi connectivity index (χ2v) is 4.99. The van der Waals surface area contributed by atoms with E-state index in [0.717, 1.165) is 10.9 Å². The summed E-state index contributed by atoms with van der Waals surface area (Å²) in [6.45, 7) is 4.21. The van der Waals surface area contributed by atoms with Gasteiger partial charge in [0.2, 0.25) is 0 Å². The third-order valence-corrected chi connectivity index (χ3v) is 3.81. The fourth-order valence-electron chi connectivity index (χ4n) is 1.36. The summed E-state index contributed by atoms with van der Waals surface area (Å²) in [5.74, 6) is 0.372. The third kappa shape index (κ3) is 3.49. The van der Waals surface area contributed by atoms with E-state index in [4.69, 9.17) is 4.74 Å².